The Kier molecular flexibility index (Phi) is 6.85. The van der Waals surface area contributed by atoms with Gasteiger partial charge in [-0.1, -0.05) is 6.58 Å². The van der Waals surface area contributed by atoms with Crippen molar-refractivity contribution >= 4 is 23.5 Å². The average Bonchev–Trinajstić information content (AvgIpc) is 2.47. The molecule has 1 heterocycles. The highest BCUT2D eigenvalue weighted by Gasteiger charge is 2.07. The summed E-state index contributed by atoms with van der Waals surface area (Å²) in [7, 11) is 0. The lowest BCUT2D eigenvalue weighted by atomic mass is 10.2. The zero-order chi connectivity index (χ0) is 17.4. The number of carbonyl (C=O) groups excluding carboxylic acids is 1. The molecule has 0 atom stereocenters. The van der Waals surface area contributed by atoms with Gasteiger partial charge in [0.25, 0.3) is 6.43 Å². The molecule has 8 heteroatoms. The summed E-state index contributed by atoms with van der Waals surface area (Å²) in [5, 5.41) is 5.88. The standard InChI is InChI=1S/C15H19F2N5O/c1-4-19-12-6-14(20-7-11(12)8-23)21-9(2)5-13(18)22-10(3)15(16)17/h5-8,15H,2,4,18H2,1,3H3,(H2,19,20,21)/b13-5-,22-10+. The van der Waals surface area contributed by atoms with Crippen molar-refractivity contribution in [1.82, 2.24) is 4.98 Å². The summed E-state index contributed by atoms with van der Waals surface area (Å²) in [6.45, 7) is 7.43. The molecular weight excluding hydrogens is 304 g/mol. The van der Waals surface area contributed by atoms with Crippen LogP contribution < -0.4 is 16.4 Å². The fourth-order valence-electron chi connectivity index (χ4n) is 1.64. The number of pyridine rings is 1. The molecule has 0 spiro atoms. The zero-order valence-corrected chi connectivity index (χ0v) is 12.9. The summed E-state index contributed by atoms with van der Waals surface area (Å²) in [5.41, 5.74) is 6.54. The van der Waals surface area contributed by atoms with Gasteiger partial charge >= 0.3 is 0 Å². The summed E-state index contributed by atoms with van der Waals surface area (Å²) in [4.78, 5) is 18.5. The molecule has 0 aliphatic heterocycles. The highest BCUT2D eigenvalue weighted by Crippen LogP contribution is 2.18. The summed E-state index contributed by atoms with van der Waals surface area (Å²) in [6, 6.07) is 1.64. The van der Waals surface area contributed by atoms with Crippen LogP contribution in [0.1, 0.15) is 24.2 Å². The van der Waals surface area contributed by atoms with Gasteiger partial charge in [0.1, 0.15) is 11.6 Å². The number of carbonyl (C=O) groups is 1. The molecule has 0 saturated carbocycles. The third-order valence-electron chi connectivity index (χ3n) is 2.66. The molecule has 1 aromatic rings. The lowest BCUT2D eigenvalue weighted by Gasteiger charge is -2.10. The molecule has 1 rings (SSSR count). The van der Waals surface area contributed by atoms with Crippen LogP contribution in [-0.2, 0) is 0 Å². The largest absolute Gasteiger partial charge is 0.385 e. The highest BCUT2D eigenvalue weighted by molar-refractivity contribution is 5.86. The summed E-state index contributed by atoms with van der Waals surface area (Å²) >= 11 is 0. The topological polar surface area (TPSA) is 92.4 Å². The minimum atomic E-state index is -2.66. The van der Waals surface area contributed by atoms with E-state index in [4.69, 9.17) is 5.73 Å². The Morgan fingerprint density at radius 3 is 2.83 bits per heavy atom. The van der Waals surface area contributed by atoms with E-state index < -0.39 is 6.43 Å². The van der Waals surface area contributed by atoms with Crippen LogP contribution in [0.25, 0.3) is 0 Å². The zero-order valence-electron chi connectivity index (χ0n) is 12.9. The molecule has 0 unspecified atom stereocenters. The first kappa shape index (κ1) is 18.3. The Bertz CT molecular complexity index is 641. The maximum atomic E-state index is 12.4. The number of nitrogens with one attached hydrogen (secondary N) is 2. The number of alkyl halides is 2. The smallest absolute Gasteiger partial charge is 0.276 e. The molecule has 0 amide bonds. The van der Waals surface area contributed by atoms with E-state index in [1.54, 1.807) is 6.07 Å². The summed E-state index contributed by atoms with van der Waals surface area (Å²) in [6.07, 6.45) is 0.757. The number of aromatic nitrogens is 1. The van der Waals surface area contributed by atoms with E-state index >= 15 is 0 Å². The predicted octanol–water partition coefficient (Wildman–Crippen LogP) is 2.78. The van der Waals surface area contributed by atoms with Crippen LogP contribution in [0, 0.1) is 0 Å². The number of anilines is 2. The lowest BCUT2D eigenvalue weighted by molar-refractivity contribution is 0.112. The Morgan fingerprint density at radius 2 is 2.26 bits per heavy atom. The number of nitrogens with zero attached hydrogens (tertiary/aromatic N) is 2. The van der Waals surface area contributed by atoms with Gasteiger partial charge in [-0.25, -0.2) is 18.8 Å². The van der Waals surface area contributed by atoms with E-state index in [1.807, 2.05) is 6.92 Å². The van der Waals surface area contributed by atoms with E-state index in [1.165, 1.54) is 19.2 Å². The van der Waals surface area contributed by atoms with Crippen molar-refractivity contribution in [2.75, 3.05) is 17.2 Å². The van der Waals surface area contributed by atoms with Crippen LogP contribution >= 0.6 is 0 Å². The third kappa shape index (κ3) is 5.85. The Hall–Kier alpha value is -2.77. The minimum Gasteiger partial charge on any atom is -0.385 e. The van der Waals surface area contributed by atoms with E-state index in [0.717, 1.165) is 0 Å². The molecule has 0 saturated heterocycles. The van der Waals surface area contributed by atoms with Gasteiger partial charge in [-0.3, -0.25) is 4.79 Å². The SMILES string of the molecule is C=C(/C=C(N)\N=C(/C)C(F)F)Nc1cc(NCC)c(C=O)cn1. The van der Waals surface area contributed by atoms with E-state index in [2.05, 4.69) is 27.2 Å². The molecule has 0 bridgehead atoms. The fraction of sp³-hybridized carbons (Fsp3) is 0.267. The molecule has 6 nitrogen and oxygen atoms in total. The van der Waals surface area contributed by atoms with Crippen LogP contribution in [0.15, 0.2) is 41.4 Å². The van der Waals surface area contributed by atoms with Crippen LogP contribution in [0.3, 0.4) is 0 Å². The monoisotopic (exact) mass is 323 g/mol. The Balaban J connectivity index is 2.87. The number of allylic oxidation sites excluding steroid dienone is 1. The lowest BCUT2D eigenvalue weighted by Crippen LogP contribution is -2.09. The van der Waals surface area contributed by atoms with Crippen LogP contribution in [0.4, 0.5) is 20.3 Å². The molecule has 0 aliphatic carbocycles. The molecule has 124 valence electrons. The number of hydrogen-bond donors (Lipinski definition) is 3. The van der Waals surface area contributed by atoms with E-state index in [0.29, 0.717) is 35.6 Å². The van der Waals surface area contributed by atoms with E-state index in [9.17, 15) is 13.6 Å². The van der Waals surface area contributed by atoms with Gasteiger partial charge in [0.15, 0.2) is 6.29 Å². The fourth-order valence-corrected chi connectivity index (χ4v) is 1.64. The van der Waals surface area contributed by atoms with Crippen molar-refractivity contribution in [3.05, 3.63) is 42.0 Å². The second-order valence-corrected chi connectivity index (χ2v) is 4.58. The minimum absolute atomic E-state index is 0.100. The first-order valence-corrected chi connectivity index (χ1v) is 6.82. The summed E-state index contributed by atoms with van der Waals surface area (Å²) < 4.78 is 24.7. The van der Waals surface area contributed by atoms with Crippen LogP contribution in [0.2, 0.25) is 0 Å². The molecule has 0 aromatic carbocycles. The van der Waals surface area contributed by atoms with Gasteiger partial charge in [0.05, 0.1) is 11.3 Å². The quantitative estimate of drug-likeness (QED) is 0.389. The molecule has 0 radical (unpaired) electrons. The van der Waals surface area contributed by atoms with Crippen molar-refractivity contribution in [3.8, 4) is 0 Å². The normalized spacial score (nSPS) is 12.2. The number of hydrogen-bond acceptors (Lipinski definition) is 6. The number of halogens is 2. The number of aliphatic imine (C=N–C) groups is 1. The summed E-state index contributed by atoms with van der Waals surface area (Å²) in [5.74, 6) is 0.326. The second-order valence-electron chi connectivity index (χ2n) is 4.58. The van der Waals surface area contributed by atoms with Gasteiger partial charge in [0.2, 0.25) is 0 Å². The van der Waals surface area contributed by atoms with Gasteiger partial charge in [-0.2, -0.15) is 0 Å². The molecule has 1 aromatic heterocycles. The first-order valence-electron chi connectivity index (χ1n) is 6.82. The molecular formula is C15H19F2N5O. The van der Waals surface area contributed by atoms with Gasteiger partial charge in [0, 0.05) is 36.3 Å². The van der Waals surface area contributed by atoms with Gasteiger partial charge < -0.3 is 16.4 Å². The van der Waals surface area contributed by atoms with E-state index in [-0.39, 0.29) is 11.5 Å². The van der Waals surface area contributed by atoms with Gasteiger partial charge in [-0.05, 0) is 13.8 Å². The average molecular weight is 323 g/mol. The molecule has 4 N–H and O–H groups in total. The number of nitrogens with two attached hydrogens (primary N) is 1. The van der Waals surface area contributed by atoms with Crippen LogP contribution in [-0.4, -0.2) is 30.0 Å². The second kappa shape index (κ2) is 8.62. The van der Waals surface area contributed by atoms with Crippen molar-refractivity contribution in [2.24, 2.45) is 10.7 Å². The predicted molar refractivity (Wildman–Crippen MR) is 87.9 cm³/mol. The molecule has 0 fully saturated rings. The Morgan fingerprint density at radius 1 is 1.57 bits per heavy atom. The Labute approximate surface area is 133 Å². The highest BCUT2D eigenvalue weighted by atomic mass is 19.3. The number of rotatable bonds is 8. The maximum absolute atomic E-state index is 12.4. The first-order chi connectivity index (χ1) is 10.9. The van der Waals surface area contributed by atoms with Crippen molar-refractivity contribution in [3.63, 3.8) is 0 Å². The molecule has 0 aliphatic rings. The molecule has 23 heavy (non-hydrogen) atoms. The van der Waals surface area contributed by atoms with Crippen molar-refractivity contribution in [1.29, 1.82) is 0 Å². The van der Waals surface area contributed by atoms with Crippen molar-refractivity contribution < 1.29 is 13.6 Å². The van der Waals surface area contributed by atoms with Gasteiger partial charge in [-0.15, -0.1) is 0 Å². The number of aldehydes is 1. The third-order valence-corrected chi connectivity index (χ3v) is 2.66. The van der Waals surface area contributed by atoms with Crippen molar-refractivity contribution in [2.45, 2.75) is 20.3 Å². The van der Waals surface area contributed by atoms with Crippen LogP contribution in [0.5, 0.6) is 0 Å². The maximum Gasteiger partial charge on any atom is 0.276 e.